The Balaban J connectivity index is 1.96. The molecule has 152 valence electrons. The molecule has 0 unspecified atom stereocenters. The summed E-state index contributed by atoms with van der Waals surface area (Å²) in [6.45, 7) is 0. The Bertz CT molecular complexity index is 1350. The first-order valence-corrected chi connectivity index (χ1v) is 11.7. The molecule has 0 saturated carbocycles. The fraction of sp³-hybridized carbons (Fsp3) is 0.0952. The number of halogens is 2. The average molecular weight is 568 g/mol. The van der Waals surface area contributed by atoms with Crippen LogP contribution in [0.25, 0.3) is 20.2 Å². The minimum atomic E-state index is -0.606. The third-order valence-electron chi connectivity index (χ3n) is 4.55. The highest BCUT2D eigenvalue weighted by atomic mass is 79.9. The number of hydrogen-bond acceptors (Lipinski definition) is 7. The van der Waals surface area contributed by atoms with Crippen molar-refractivity contribution in [3.63, 3.8) is 0 Å². The predicted octanol–water partition coefficient (Wildman–Crippen LogP) is 5.61. The molecule has 0 atom stereocenters. The molecule has 0 amide bonds. The Morgan fingerprint density at radius 3 is 1.53 bits per heavy atom. The van der Waals surface area contributed by atoms with Crippen molar-refractivity contribution < 1.29 is 14.3 Å². The van der Waals surface area contributed by atoms with Gasteiger partial charge in [-0.15, -0.1) is 0 Å². The molecule has 30 heavy (non-hydrogen) atoms. The number of hydrogen-bond donors (Lipinski definition) is 0. The second-order valence-electron chi connectivity index (χ2n) is 6.21. The van der Waals surface area contributed by atoms with Crippen molar-refractivity contribution in [2.24, 2.45) is 0 Å². The fourth-order valence-electron chi connectivity index (χ4n) is 3.08. The van der Waals surface area contributed by atoms with Crippen LogP contribution in [0.5, 0.6) is 11.5 Å². The minimum absolute atomic E-state index is 0.0517. The van der Waals surface area contributed by atoms with E-state index < -0.39 is 15.3 Å². The third-order valence-corrected chi connectivity index (χ3v) is 7.99. The molecule has 0 spiro atoms. The maximum absolute atomic E-state index is 13.2. The molecule has 2 heterocycles. The lowest BCUT2D eigenvalue weighted by molar-refractivity contribution is 0.103. The van der Waals surface area contributed by atoms with Crippen LogP contribution >= 0.6 is 54.5 Å². The van der Waals surface area contributed by atoms with Gasteiger partial charge in [0.25, 0.3) is 0 Å². The van der Waals surface area contributed by atoms with E-state index in [2.05, 4.69) is 31.9 Å². The van der Waals surface area contributed by atoms with Gasteiger partial charge < -0.3 is 9.47 Å². The Kier molecular flexibility index (Phi) is 5.80. The number of rotatable bonds is 4. The van der Waals surface area contributed by atoms with Gasteiger partial charge in [0.15, 0.2) is 0 Å². The number of fused-ring (bicyclic) bond motifs is 2. The third kappa shape index (κ3) is 3.49. The van der Waals surface area contributed by atoms with Gasteiger partial charge in [-0.05, 0) is 36.4 Å². The van der Waals surface area contributed by atoms with Gasteiger partial charge in [0.1, 0.15) is 11.5 Å². The normalized spacial score (nSPS) is 11.1. The van der Waals surface area contributed by atoms with Crippen LogP contribution in [-0.4, -0.2) is 20.0 Å². The topological polar surface area (TPSA) is 69.7 Å². The lowest BCUT2D eigenvalue weighted by atomic mass is 10.1. The quantitative estimate of drug-likeness (QED) is 0.300. The summed E-state index contributed by atoms with van der Waals surface area (Å²) in [6.07, 6.45) is 0. The first-order valence-electron chi connectivity index (χ1n) is 8.51. The van der Waals surface area contributed by atoms with Crippen molar-refractivity contribution in [1.82, 2.24) is 0 Å². The number of ether oxygens (including phenoxy) is 2. The van der Waals surface area contributed by atoms with Crippen LogP contribution in [0, 0.1) is 0 Å². The number of benzene rings is 2. The Hall–Kier alpha value is -2.07. The molecule has 0 bridgehead atoms. The molecule has 0 N–H and O–H groups in total. The fourth-order valence-corrected chi connectivity index (χ4v) is 6.18. The van der Waals surface area contributed by atoms with Crippen LogP contribution < -0.4 is 19.0 Å². The van der Waals surface area contributed by atoms with E-state index in [0.717, 1.165) is 31.6 Å². The minimum Gasteiger partial charge on any atom is -0.495 e. The lowest BCUT2D eigenvalue weighted by Crippen LogP contribution is -2.19. The van der Waals surface area contributed by atoms with Crippen molar-refractivity contribution in [3.8, 4) is 11.5 Å². The van der Waals surface area contributed by atoms with Crippen molar-refractivity contribution >= 4 is 80.5 Å². The van der Waals surface area contributed by atoms with E-state index in [4.69, 9.17) is 9.47 Å². The van der Waals surface area contributed by atoms with E-state index in [-0.39, 0.29) is 11.1 Å². The molecular formula is C21H12Br2O5S2. The van der Waals surface area contributed by atoms with Crippen LogP contribution in [0.15, 0.2) is 54.9 Å². The summed E-state index contributed by atoms with van der Waals surface area (Å²) in [5, 5.41) is 1.34. The summed E-state index contributed by atoms with van der Waals surface area (Å²) in [7, 11) is 3.04. The van der Waals surface area contributed by atoms with Crippen LogP contribution in [0.2, 0.25) is 0 Å². The maximum Gasteiger partial charge on any atom is 0.244 e. The van der Waals surface area contributed by atoms with E-state index in [0.29, 0.717) is 31.7 Å². The summed E-state index contributed by atoms with van der Waals surface area (Å²) in [4.78, 5) is 38.8. The highest BCUT2D eigenvalue weighted by Crippen LogP contribution is 2.35. The van der Waals surface area contributed by atoms with Gasteiger partial charge >= 0.3 is 0 Å². The van der Waals surface area contributed by atoms with Gasteiger partial charge in [0, 0.05) is 19.7 Å². The van der Waals surface area contributed by atoms with Crippen LogP contribution in [0.4, 0.5) is 0 Å². The smallest absolute Gasteiger partial charge is 0.244 e. The summed E-state index contributed by atoms with van der Waals surface area (Å²) >= 11 is 8.74. The van der Waals surface area contributed by atoms with Gasteiger partial charge in [0.2, 0.25) is 15.3 Å². The summed E-state index contributed by atoms with van der Waals surface area (Å²) in [5.41, 5.74) is -0.103. The van der Waals surface area contributed by atoms with Crippen LogP contribution in [0.3, 0.4) is 0 Å². The molecule has 0 aliphatic carbocycles. The highest BCUT2D eigenvalue weighted by molar-refractivity contribution is 9.11. The second kappa shape index (κ2) is 8.22. The molecule has 2 aromatic heterocycles. The zero-order valence-electron chi connectivity index (χ0n) is 15.6. The number of methoxy groups -OCH3 is 2. The molecule has 5 nitrogen and oxygen atoms in total. The molecule has 0 radical (unpaired) electrons. The van der Waals surface area contributed by atoms with Gasteiger partial charge in [-0.3, -0.25) is 14.4 Å². The van der Waals surface area contributed by atoms with E-state index >= 15 is 0 Å². The van der Waals surface area contributed by atoms with Gasteiger partial charge in [0.05, 0.1) is 34.7 Å². The molecule has 0 aliphatic rings. The van der Waals surface area contributed by atoms with Crippen molar-refractivity contribution in [2.75, 3.05) is 14.2 Å². The number of ketones is 1. The van der Waals surface area contributed by atoms with E-state index in [1.165, 1.54) is 26.4 Å². The van der Waals surface area contributed by atoms with E-state index in [9.17, 15) is 14.4 Å². The Labute approximate surface area is 195 Å². The van der Waals surface area contributed by atoms with Gasteiger partial charge in [-0.25, -0.2) is 0 Å². The largest absolute Gasteiger partial charge is 0.495 e. The number of carbonyl (C=O) groups is 1. The second-order valence-corrected chi connectivity index (χ2v) is 9.88. The van der Waals surface area contributed by atoms with Crippen LogP contribution in [0.1, 0.15) is 15.9 Å². The Morgan fingerprint density at radius 2 is 1.17 bits per heavy atom. The molecular weight excluding hydrogens is 556 g/mol. The molecule has 4 rings (SSSR count). The Morgan fingerprint density at radius 1 is 0.767 bits per heavy atom. The highest BCUT2D eigenvalue weighted by Gasteiger charge is 2.21. The SMILES string of the molecule is COc1ccc(Br)c2cc(C(=O)c3cc4c(Br)ccc(OC)c4sc3=O)c(=O)sc12. The molecule has 4 aromatic rings. The van der Waals surface area contributed by atoms with E-state index in [1.807, 2.05) is 0 Å². The first-order chi connectivity index (χ1) is 14.3. The van der Waals surface area contributed by atoms with E-state index in [1.54, 1.807) is 24.3 Å². The average Bonchev–Trinajstić information content (AvgIpc) is 2.73. The maximum atomic E-state index is 13.2. The van der Waals surface area contributed by atoms with Gasteiger partial charge in [-0.1, -0.05) is 54.5 Å². The summed E-state index contributed by atoms with van der Waals surface area (Å²) in [6, 6.07) is 10.1. The summed E-state index contributed by atoms with van der Waals surface area (Å²) < 4.78 is 12.5. The van der Waals surface area contributed by atoms with Crippen molar-refractivity contribution in [3.05, 3.63) is 75.5 Å². The first kappa shape index (κ1) is 21.2. The van der Waals surface area contributed by atoms with Crippen molar-refractivity contribution in [2.45, 2.75) is 0 Å². The predicted molar refractivity (Wildman–Crippen MR) is 128 cm³/mol. The molecule has 0 aliphatic heterocycles. The summed E-state index contributed by atoms with van der Waals surface area (Å²) in [5.74, 6) is 0.483. The molecule has 0 saturated heterocycles. The van der Waals surface area contributed by atoms with Crippen LogP contribution in [-0.2, 0) is 0 Å². The molecule has 0 fully saturated rings. The standard InChI is InChI=1S/C21H12Br2O5S2/c1-27-15-5-3-13(22)9-7-11(20(25)29-18(9)15)17(24)12-8-10-14(23)4-6-16(28-2)19(10)30-21(12)26/h3-8H,1-2H3. The zero-order chi connectivity index (χ0) is 21.6. The van der Waals surface area contributed by atoms with Gasteiger partial charge in [-0.2, -0.15) is 0 Å². The molecule has 9 heteroatoms. The number of carbonyl (C=O) groups excluding carboxylic acids is 1. The van der Waals surface area contributed by atoms with Crippen molar-refractivity contribution in [1.29, 1.82) is 0 Å². The zero-order valence-corrected chi connectivity index (χ0v) is 20.4. The molecule has 2 aromatic carbocycles. The lowest BCUT2D eigenvalue weighted by Gasteiger charge is -2.09. The monoisotopic (exact) mass is 566 g/mol.